The largest absolute Gasteiger partial charge is 0.496 e. The van der Waals surface area contributed by atoms with E-state index in [1.165, 1.54) is 24.9 Å². The predicted octanol–water partition coefficient (Wildman–Crippen LogP) is 1.89. The highest BCUT2D eigenvalue weighted by atomic mass is 16.5. The molecule has 0 aromatic heterocycles. The third kappa shape index (κ3) is 5.13. The van der Waals surface area contributed by atoms with Crippen molar-refractivity contribution in [2.24, 2.45) is 4.99 Å². The number of guanidine groups is 1. The van der Waals surface area contributed by atoms with Gasteiger partial charge in [-0.3, -0.25) is 9.89 Å². The SMILES string of the molecule is CCN1CCCC1CNC(=NC)NCCc1ccccc1OC. The Morgan fingerprint density at radius 2 is 2.17 bits per heavy atom. The van der Waals surface area contributed by atoms with Crippen LogP contribution >= 0.6 is 0 Å². The van der Waals surface area contributed by atoms with Crippen molar-refractivity contribution in [3.8, 4) is 5.75 Å². The summed E-state index contributed by atoms with van der Waals surface area (Å²) < 4.78 is 5.39. The highest BCUT2D eigenvalue weighted by Crippen LogP contribution is 2.17. The van der Waals surface area contributed by atoms with E-state index in [4.69, 9.17) is 4.74 Å². The number of likely N-dealkylation sites (N-methyl/N-ethyl adjacent to an activating group) is 1. The molecule has 0 aliphatic carbocycles. The molecule has 1 aliphatic heterocycles. The number of nitrogens with one attached hydrogen (secondary N) is 2. The lowest BCUT2D eigenvalue weighted by Gasteiger charge is -2.24. The molecule has 1 aromatic carbocycles. The van der Waals surface area contributed by atoms with Crippen molar-refractivity contribution in [2.75, 3.05) is 40.3 Å². The molecule has 1 atom stereocenters. The smallest absolute Gasteiger partial charge is 0.191 e. The van der Waals surface area contributed by atoms with Crippen molar-refractivity contribution >= 4 is 5.96 Å². The van der Waals surface area contributed by atoms with Gasteiger partial charge in [-0.2, -0.15) is 0 Å². The van der Waals surface area contributed by atoms with Crippen LogP contribution in [0.2, 0.25) is 0 Å². The second-order valence-corrected chi connectivity index (χ2v) is 5.87. The van der Waals surface area contributed by atoms with Gasteiger partial charge in [-0.25, -0.2) is 0 Å². The number of rotatable bonds is 7. The zero-order chi connectivity index (χ0) is 16.5. The van der Waals surface area contributed by atoms with Crippen molar-refractivity contribution in [1.82, 2.24) is 15.5 Å². The summed E-state index contributed by atoms with van der Waals surface area (Å²) in [5, 5.41) is 6.85. The van der Waals surface area contributed by atoms with E-state index in [1.807, 2.05) is 25.2 Å². The molecule has 1 saturated heterocycles. The van der Waals surface area contributed by atoms with Gasteiger partial charge in [0.1, 0.15) is 5.75 Å². The Labute approximate surface area is 140 Å². The molecule has 0 radical (unpaired) electrons. The first kappa shape index (κ1) is 17.6. The molecule has 5 heteroatoms. The minimum Gasteiger partial charge on any atom is -0.496 e. The second kappa shape index (κ2) is 9.40. The molecule has 5 nitrogen and oxygen atoms in total. The van der Waals surface area contributed by atoms with Crippen molar-refractivity contribution in [3.63, 3.8) is 0 Å². The van der Waals surface area contributed by atoms with Gasteiger partial charge >= 0.3 is 0 Å². The quantitative estimate of drug-likeness (QED) is 0.595. The maximum atomic E-state index is 5.39. The summed E-state index contributed by atoms with van der Waals surface area (Å²) >= 11 is 0. The molecule has 1 aromatic rings. The Balaban J connectivity index is 1.75. The van der Waals surface area contributed by atoms with E-state index >= 15 is 0 Å². The fourth-order valence-electron chi connectivity index (χ4n) is 3.20. The Bertz CT molecular complexity index is 504. The van der Waals surface area contributed by atoms with Gasteiger partial charge in [-0.05, 0) is 44.0 Å². The zero-order valence-corrected chi connectivity index (χ0v) is 14.6. The van der Waals surface area contributed by atoms with Crippen LogP contribution in [0.4, 0.5) is 0 Å². The van der Waals surface area contributed by atoms with Gasteiger partial charge in [-0.1, -0.05) is 25.1 Å². The van der Waals surface area contributed by atoms with Gasteiger partial charge in [0.05, 0.1) is 7.11 Å². The van der Waals surface area contributed by atoms with Gasteiger partial charge in [0.2, 0.25) is 0 Å². The van der Waals surface area contributed by atoms with Crippen LogP contribution in [-0.4, -0.2) is 57.2 Å². The van der Waals surface area contributed by atoms with E-state index in [2.05, 4.69) is 33.5 Å². The van der Waals surface area contributed by atoms with E-state index in [0.717, 1.165) is 37.8 Å². The third-order valence-corrected chi connectivity index (χ3v) is 4.51. The van der Waals surface area contributed by atoms with Crippen molar-refractivity contribution < 1.29 is 4.74 Å². The molecule has 1 fully saturated rings. The summed E-state index contributed by atoms with van der Waals surface area (Å²) in [6.45, 7) is 6.39. The fourth-order valence-corrected chi connectivity index (χ4v) is 3.20. The first-order chi connectivity index (χ1) is 11.3. The number of nitrogens with zero attached hydrogens (tertiary/aromatic N) is 2. The molecule has 0 amide bonds. The van der Waals surface area contributed by atoms with Gasteiger partial charge in [-0.15, -0.1) is 0 Å². The molecular weight excluding hydrogens is 288 g/mol. The summed E-state index contributed by atoms with van der Waals surface area (Å²) in [7, 11) is 3.54. The van der Waals surface area contributed by atoms with Crippen LogP contribution in [0.1, 0.15) is 25.3 Å². The average molecular weight is 318 g/mol. The minimum absolute atomic E-state index is 0.632. The number of benzene rings is 1. The van der Waals surface area contributed by atoms with Crippen LogP contribution in [0.5, 0.6) is 5.75 Å². The Morgan fingerprint density at radius 3 is 2.91 bits per heavy atom. The second-order valence-electron chi connectivity index (χ2n) is 5.87. The monoisotopic (exact) mass is 318 g/mol. The zero-order valence-electron chi connectivity index (χ0n) is 14.6. The van der Waals surface area contributed by atoms with Crippen LogP contribution in [0.25, 0.3) is 0 Å². The molecule has 0 saturated carbocycles. The normalized spacial score (nSPS) is 18.9. The molecule has 0 bridgehead atoms. The van der Waals surface area contributed by atoms with Gasteiger partial charge in [0, 0.05) is 26.2 Å². The molecule has 128 valence electrons. The van der Waals surface area contributed by atoms with Crippen LogP contribution in [0.3, 0.4) is 0 Å². The van der Waals surface area contributed by atoms with Crippen LogP contribution in [0.15, 0.2) is 29.3 Å². The molecule has 1 aliphatic rings. The topological polar surface area (TPSA) is 48.9 Å². The molecule has 23 heavy (non-hydrogen) atoms. The maximum absolute atomic E-state index is 5.39. The Kier molecular flexibility index (Phi) is 7.20. The third-order valence-electron chi connectivity index (χ3n) is 4.51. The van der Waals surface area contributed by atoms with Crippen molar-refractivity contribution in [2.45, 2.75) is 32.2 Å². The number of hydrogen-bond acceptors (Lipinski definition) is 3. The van der Waals surface area contributed by atoms with E-state index in [9.17, 15) is 0 Å². The number of para-hydroxylation sites is 1. The summed E-state index contributed by atoms with van der Waals surface area (Å²) in [5.74, 6) is 1.82. The lowest BCUT2D eigenvalue weighted by atomic mass is 10.1. The van der Waals surface area contributed by atoms with Crippen LogP contribution in [-0.2, 0) is 6.42 Å². The van der Waals surface area contributed by atoms with Crippen molar-refractivity contribution in [1.29, 1.82) is 0 Å². The average Bonchev–Trinajstić information content (AvgIpc) is 3.05. The minimum atomic E-state index is 0.632. The number of aliphatic imine (C=N–C) groups is 1. The highest BCUT2D eigenvalue weighted by Gasteiger charge is 2.22. The summed E-state index contributed by atoms with van der Waals surface area (Å²) in [5.41, 5.74) is 1.21. The lowest BCUT2D eigenvalue weighted by molar-refractivity contribution is 0.267. The van der Waals surface area contributed by atoms with Gasteiger partial charge in [0.15, 0.2) is 5.96 Å². The Morgan fingerprint density at radius 1 is 1.35 bits per heavy atom. The van der Waals surface area contributed by atoms with E-state index in [0.29, 0.717) is 6.04 Å². The molecule has 1 heterocycles. The van der Waals surface area contributed by atoms with E-state index < -0.39 is 0 Å². The molecular formula is C18H30N4O. The standard InChI is InChI=1S/C18H30N4O/c1-4-22-13-7-9-16(22)14-21-18(19-2)20-12-11-15-8-5-6-10-17(15)23-3/h5-6,8,10,16H,4,7,9,11-14H2,1-3H3,(H2,19,20,21). The molecule has 0 spiro atoms. The molecule has 1 unspecified atom stereocenters. The number of likely N-dealkylation sites (tertiary alicyclic amines) is 1. The first-order valence-corrected chi connectivity index (χ1v) is 8.59. The Hall–Kier alpha value is -1.75. The summed E-state index contributed by atoms with van der Waals surface area (Å²) in [6, 6.07) is 8.78. The first-order valence-electron chi connectivity index (χ1n) is 8.59. The van der Waals surface area contributed by atoms with E-state index in [-0.39, 0.29) is 0 Å². The van der Waals surface area contributed by atoms with Crippen molar-refractivity contribution in [3.05, 3.63) is 29.8 Å². The number of hydrogen-bond donors (Lipinski definition) is 2. The van der Waals surface area contributed by atoms with Gasteiger partial charge < -0.3 is 15.4 Å². The predicted molar refractivity (Wildman–Crippen MR) is 96.3 cm³/mol. The number of ether oxygens (including phenoxy) is 1. The highest BCUT2D eigenvalue weighted by molar-refractivity contribution is 5.79. The molecule has 2 rings (SSSR count). The lowest BCUT2D eigenvalue weighted by Crippen LogP contribution is -2.45. The number of methoxy groups -OCH3 is 1. The fraction of sp³-hybridized carbons (Fsp3) is 0.611. The maximum Gasteiger partial charge on any atom is 0.191 e. The summed E-state index contributed by atoms with van der Waals surface area (Å²) in [4.78, 5) is 6.86. The summed E-state index contributed by atoms with van der Waals surface area (Å²) in [6.07, 6.45) is 3.49. The van der Waals surface area contributed by atoms with E-state index in [1.54, 1.807) is 7.11 Å². The van der Waals surface area contributed by atoms with Crippen LogP contribution < -0.4 is 15.4 Å². The van der Waals surface area contributed by atoms with Gasteiger partial charge in [0.25, 0.3) is 0 Å². The molecule has 2 N–H and O–H groups in total. The van der Waals surface area contributed by atoms with Crippen LogP contribution in [0, 0.1) is 0 Å².